The molecule has 3 heteroatoms. The second kappa shape index (κ2) is 3.89. The summed E-state index contributed by atoms with van der Waals surface area (Å²) < 4.78 is 0. The molecule has 0 spiro atoms. The molecule has 0 N–H and O–H groups in total. The predicted octanol–water partition coefficient (Wildman–Crippen LogP) is 1.90. The Kier molecular flexibility index (Phi) is 2.70. The van der Waals surface area contributed by atoms with Crippen LogP contribution in [0.3, 0.4) is 0 Å². The van der Waals surface area contributed by atoms with Crippen LogP contribution < -0.4 is 0 Å². The highest BCUT2D eigenvalue weighted by atomic mass is 16.2. The van der Waals surface area contributed by atoms with Crippen LogP contribution in [-0.2, 0) is 9.59 Å². The van der Waals surface area contributed by atoms with Gasteiger partial charge in [-0.3, -0.25) is 14.5 Å². The second-order valence-corrected chi connectivity index (χ2v) is 4.92. The number of hydrogen-bond donors (Lipinski definition) is 0. The van der Waals surface area contributed by atoms with E-state index in [2.05, 4.69) is 12.7 Å². The van der Waals surface area contributed by atoms with Crippen LogP contribution in [0.25, 0.3) is 0 Å². The van der Waals surface area contributed by atoms with E-state index in [0.29, 0.717) is 13.0 Å². The number of rotatable bonds is 2. The van der Waals surface area contributed by atoms with E-state index in [1.165, 1.54) is 10.5 Å². The molecule has 3 nitrogen and oxygen atoms in total. The molecule has 0 unspecified atom stereocenters. The summed E-state index contributed by atoms with van der Waals surface area (Å²) in [5.74, 6) is -0.250. The van der Waals surface area contributed by atoms with E-state index in [1.54, 1.807) is 0 Å². The van der Waals surface area contributed by atoms with Gasteiger partial charge in [0, 0.05) is 6.54 Å². The molecular weight excluding hydrogens is 202 g/mol. The summed E-state index contributed by atoms with van der Waals surface area (Å²) in [6, 6.07) is 0. The highest BCUT2D eigenvalue weighted by molar-refractivity contribution is 6.05. The van der Waals surface area contributed by atoms with Crippen molar-refractivity contribution < 1.29 is 9.59 Å². The van der Waals surface area contributed by atoms with Crippen molar-refractivity contribution >= 4 is 11.8 Å². The van der Waals surface area contributed by atoms with E-state index in [4.69, 9.17) is 0 Å². The summed E-state index contributed by atoms with van der Waals surface area (Å²) in [5.41, 5.74) is 2.07. The molecule has 1 aliphatic carbocycles. The first kappa shape index (κ1) is 11.1. The molecule has 0 radical (unpaired) electrons. The summed E-state index contributed by atoms with van der Waals surface area (Å²) in [6.45, 7) is 8.00. The highest BCUT2D eigenvalue weighted by Gasteiger charge is 2.47. The van der Waals surface area contributed by atoms with Gasteiger partial charge in [-0.15, -0.1) is 0 Å². The van der Waals surface area contributed by atoms with Gasteiger partial charge >= 0.3 is 0 Å². The molecule has 2 rings (SSSR count). The van der Waals surface area contributed by atoms with Crippen LogP contribution in [0.1, 0.15) is 26.7 Å². The minimum absolute atomic E-state index is 0.00884. The van der Waals surface area contributed by atoms with Crippen molar-refractivity contribution in [3.05, 3.63) is 23.8 Å². The molecule has 1 saturated heterocycles. The average molecular weight is 219 g/mol. The van der Waals surface area contributed by atoms with Crippen molar-refractivity contribution in [2.24, 2.45) is 11.8 Å². The van der Waals surface area contributed by atoms with E-state index in [9.17, 15) is 9.59 Å². The number of hydrogen-bond acceptors (Lipinski definition) is 2. The van der Waals surface area contributed by atoms with Gasteiger partial charge in [0.2, 0.25) is 11.8 Å². The van der Waals surface area contributed by atoms with E-state index < -0.39 is 0 Å². The van der Waals surface area contributed by atoms with Crippen molar-refractivity contribution in [1.82, 2.24) is 4.90 Å². The fourth-order valence-corrected chi connectivity index (χ4v) is 2.53. The maximum atomic E-state index is 12.1. The second-order valence-electron chi connectivity index (χ2n) is 4.92. The first-order valence-electron chi connectivity index (χ1n) is 5.66. The number of likely N-dealkylation sites (tertiary alicyclic amines) is 1. The molecule has 2 atom stereocenters. The lowest BCUT2D eigenvalue weighted by molar-refractivity contribution is -0.139. The maximum Gasteiger partial charge on any atom is 0.233 e. The number of carbonyl (C=O) groups excluding carboxylic acids is 2. The Labute approximate surface area is 95.8 Å². The summed E-state index contributed by atoms with van der Waals surface area (Å²) in [7, 11) is 0. The summed E-state index contributed by atoms with van der Waals surface area (Å²) >= 11 is 0. The number of carbonyl (C=O) groups is 2. The minimum Gasteiger partial charge on any atom is -0.278 e. The fourth-order valence-electron chi connectivity index (χ4n) is 2.53. The molecule has 0 aromatic carbocycles. The van der Waals surface area contributed by atoms with Gasteiger partial charge in [-0.25, -0.2) is 0 Å². The largest absolute Gasteiger partial charge is 0.278 e. The topological polar surface area (TPSA) is 37.4 Å². The molecule has 1 heterocycles. The van der Waals surface area contributed by atoms with Crippen molar-refractivity contribution in [3.63, 3.8) is 0 Å². The Balaban J connectivity index is 2.21. The van der Waals surface area contributed by atoms with Crippen LogP contribution in [0.4, 0.5) is 0 Å². The van der Waals surface area contributed by atoms with E-state index >= 15 is 0 Å². The number of fused-ring (bicyclic) bond motifs is 1. The van der Waals surface area contributed by atoms with Gasteiger partial charge in [0.15, 0.2) is 0 Å². The zero-order chi connectivity index (χ0) is 11.9. The molecule has 0 aromatic rings. The smallest absolute Gasteiger partial charge is 0.233 e. The Morgan fingerprint density at radius 3 is 2.69 bits per heavy atom. The van der Waals surface area contributed by atoms with Gasteiger partial charge in [0.25, 0.3) is 0 Å². The van der Waals surface area contributed by atoms with Crippen molar-refractivity contribution in [2.75, 3.05) is 6.54 Å². The Morgan fingerprint density at radius 2 is 2.06 bits per heavy atom. The molecule has 1 aliphatic heterocycles. The van der Waals surface area contributed by atoms with Gasteiger partial charge in [-0.2, -0.15) is 0 Å². The van der Waals surface area contributed by atoms with E-state index in [0.717, 1.165) is 12.0 Å². The van der Waals surface area contributed by atoms with E-state index in [1.807, 2.05) is 13.8 Å². The molecule has 16 heavy (non-hydrogen) atoms. The molecule has 0 saturated carbocycles. The number of allylic oxidation sites excluding steroid dienone is 2. The van der Waals surface area contributed by atoms with Crippen LogP contribution in [0, 0.1) is 11.8 Å². The van der Waals surface area contributed by atoms with Crippen molar-refractivity contribution in [2.45, 2.75) is 26.7 Å². The molecule has 2 aliphatic rings. The minimum atomic E-state index is -0.115. The number of nitrogens with zero attached hydrogens (tertiary/aromatic N) is 1. The molecule has 1 fully saturated rings. The third kappa shape index (κ3) is 1.70. The van der Waals surface area contributed by atoms with Gasteiger partial charge < -0.3 is 0 Å². The molecular formula is C13H17NO2. The zero-order valence-electron chi connectivity index (χ0n) is 9.82. The predicted molar refractivity (Wildman–Crippen MR) is 61.5 cm³/mol. The number of imide groups is 1. The Hall–Kier alpha value is -1.38. The van der Waals surface area contributed by atoms with Crippen LogP contribution >= 0.6 is 0 Å². The van der Waals surface area contributed by atoms with Crippen LogP contribution in [0.15, 0.2) is 23.8 Å². The first-order chi connectivity index (χ1) is 7.50. The Morgan fingerprint density at radius 1 is 1.44 bits per heavy atom. The Bertz CT molecular complexity index is 395. The van der Waals surface area contributed by atoms with Gasteiger partial charge in [-0.05, 0) is 26.7 Å². The summed E-state index contributed by atoms with van der Waals surface area (Å²) in [4.78, 5) is 25.5. The van der Waals surface area contributed by atoms with E-state index in [-0.39, 0.29) is 23.7 Å². The quantitative estimate of drug-likeness (QED) is 0.525. The average Bonchev–Trinajstić information content (AvgIpc) is 2.43. The number of amides is 2. The third-order valence-electron chi connectivity index (χ3n) is 3.34. The van der Waals surface area contributed by atoms with Crippen LogP contribution in [0.2, 0.25) is 0 Å². The van der Waals surface area contributed by atoms with Crippen molar-refractivity contribution in [3.8, 4) is 0 Å². The maximum absolute atomic E-state index is 12.1. The summed E-state index contributed by atoms with van der Waals surface area (Å²) in [5, 5.41) is 0. The van der Waals surface area contributed by atoms with Gasteiger partial charge in [0.05, 0.1) is 11.8 Å². The lowest BCUT2D eigenvalue weighted by atomic mass is 9.82. The van der Waals surface area contributed by atoms with Crippen LogP contribution in [-0.4, -0.2) is 23.3 Å². The molecule has 86 valence electrons. The third-order valence-corrected chi connectivity index (χ3v) is 3.34. The molecule has 0 bridgehead atoms. The normalized spacial score (nSPS) is 29.1. The van der Waals surface area contributed by atoms with Gasteiger partial charge in [-0.1, -0.05) is 23.8 Å². The monoisotopic (exact) mass is 219 g/mol. The lowest BCUT2D eigenvalue weighted by Gasteiger charge is -2.19. The lowest BCUT2D eigenvalue weighted by Crippen LogP contribution is -2.32. The summed E-state index contributed by atoms with van der Waals surface area (Å²) in [6.07, 6.45) is 3.53. The zero-order valence-corrected chi connectivity index (χ0v) is 9.82. The van der Waals surface area contributed by atoms with Gasteiger partial charge in [0.1, 0.15) is 0 Å². The fraction of sp³-hybridized carbons (Fsp3) is 0.538. The van der Waals surface area contributed by atoms with Crippen molar-refractivity contribution in [1.29, 1.82) is 0 Å². The molecule has 2 amide bonds. The SMILES string of the molecule is C=C(C)CN1C(=O)[C@H]2CC(C)=CC[C@H]2C1=O. The highest BCUT2D eigenvalue weighted by Crippen LogP contribution is 2.37. The van der Waals surface area contributed by atoms with Crippen LogP contribution in [0.5, 0.6) is 0 Å². The first-order valence-corrected chi connectivity index (χ1v) is 5.66. The standard InChI is InChI=1S/C13H17NO2/c1-8(2)7-14-12(15)10-5-4-9(3)6-11(10)13(14)16/h4,10-11H,1,5-7H2,2-3H3/t10-,11+/m1/s1. The molecule has 0 aromatic heterocycles.